The molecule has 21 heavy (non-hydrogen) atoms. The van der Waals surface area contributed by atoms with Crippen molar-refractivity contribution >= 4 is 22.2 Å². The van der Waals surface area contributed by atoms with Crippen molar-refractivity contribution in [3.63, 3.8) is 0 Å². The van der Waals surface area contributed by atoms with Gasteiger partial charge in [0.05, 0.1) is 6.04 Å². The first-order valence-electron chi connectivity index (χ1n) is 6.76. The van der Waals surface area contributed by atoms with Crippen LogP contribution in [-0.4, -0.2) is 37.0 Å². The number of hydrogen-bond acceptors (Lipinski definition) is 6. The number of aromatic nitrogens is 4. The second kappa shape index (κ2) is 4.66. The van der Waals surface area contributed by atoms with Crippen LogP contribution in [0, 0.1) is 6.92 Å². The van der Waals surface area contributed by atoms with Gasteiger partial charge in [0.25, 0.3) is 5.91 Å². The molecule has 0 aromatic carbocycles. The van der Waals surface area contributed by atoms with E-state index in [1.165, 1.54) is 11.3 Å². The summed E-state index contributed by atoms with van der Waals surface area (Å²) in [4.78, 5) is 19.7. The Hall–Kier alpha value is -2.22. The average molecular weight is 303 g/mol. The predicted octanol–water partition coefficient (Wildman–Crippen LogP) is 2.06. The Labute approximate surface area is 124 Å². The summed E-state index contributed by atoms with van der Waals surface area (Å²) in [5.41, 5.74) is 1.97. The van der Waals surface area contributed by atoms with Crippen LogP contribution in [0.5, 0.6) is 0 Å². The van der Waals surface area contributed by atoms with Crippen molar-refractivity contribution in [3.8, 4) is 0 Å². The van der Waals surface area contributed by atoms with Crippen molar-refractivity contribution in [3.05, 3.63) is 34.9 Å². The van der Waals surface area contributed by atoms with Crippen LogP contribution in [0.2, 0.25) is 0 Å². The molecule has 0 saturated carbocycles. The lowest BCUT2D eigenvalue weighted by Gasteiger charge is -2.22. The smallest absolute Gasteiger partial charge is 0.274 e. The van der Waals surface area contributed by atoms with Crippen molar-refractivity contribution in [1.29, 1.82) is 0 Å². The standard InChI is InChI=1S/C13H13N5O2S/c1-8-11(16-20-15-8)10-3-2-4-18(10)12(19)9-7-17-5-6-21-13(17)14-9/h5-7,10H,2-4H2,1H3. The van der Waals surface area contributed by atoms with Crippen molar-refractivity contribution < 1.29 is 9.42 Å². The van der Waals surface area contributed by atoms with Gasteiger partial charge < -0.3 is 4.90 Å². The lowest BCUT2D eigenvalue weighted by molar-refractivity contribution is 0.0725. The minimum Gasteiger partial charge on any atom is -0.328 e. The third kappa shape index (κ3) is 1.94. The molecule has 1 aliphatic rings. The Balaban J connectivity index is 1.66. The van der Waals surface area contributed by atoms with E-state index in [-0.39, 0.29) is 11.9 Å². The van der Waals surface area contributed by atoms with Crippen LogP contribution in [0.25, 0.3) is 4.96 Å². The van der Waals surface area contributed by atoms with Gasteiger partial charge in [-0.2, -0.15) is 0 Å². The van der Waals surface area contributed by atoms with Crippen LogP contribution < -0.4 is 0 Å². The molecule has 1 fully saturated rings. The van der Waals surface area contributed by atoms with Crippen molar-refractivity contribution in [2.24, 2.45) is 0 Å². The predicted molar refractivity (Wildman–Crippen MR) is 75.1 cm³/mol. The van der Waals surface area contributed by atoms with E-state index in [0.717, 1.165) is 29.2 Å². The highest BCUT2D eigenvalue weighted by molar-refractivity contribution is 7.15. The number of aryl methyl sites for hydroxylation is 1. The molecule has 3 aromatic heterocycles. The molecule has 3 aromatic rings. The maximum Gasteiger partial charge on any atom is 0.274 e. The normalized spacial score (nSPS) is 18.7. The number of amides is 1. The molecule has 4 rings (SSSR count). The fourth-order valence-corrected chi connectivity index (χ4v) is 3.51. The van der Waals surface area contributed by atoms with Gasteiger partial charge in [0, 0.05) is 24.3 Å². The number of likely N-dealkylation sites (tertiary alicyclic amines) is 1. The van der Waals surface area contributed by atoms with E-state index in [2.05, 4.69) is 15.3 Å². The second-order valence-corrected chi connectivity index (χ2v) is 5.98. The lowest BCUT2D eigenvalue weighted by atomic mass is 10.1. The van der Waals surface area contributed by atoms with Crippen molar-refractivity contribution in [2.45, 2.75) is 25.8 Å². The van der Waals surface area contributed by atoms with Crippen LogP contribution in [0.4, 0.5) is 0 Å². The van der Waals surface area contributed by atoms with Crippen LogP contribution in [0.3, 0.4) is 0 Å². The van der Waals surface area contributed by atoms with E-state index >= 15 is 0 Å². The first-order valence-corrected chi connectivity index (χ1v) is 7.64. The van der Waals surface area contributed by atoms with E-state index in [0.29, 0.717) is 12.2 Å². The number of thiazole rings is 1. The Bertz CT molecular complexity index is 776. The number of imidazole rings is 1. The summed E-state index contributed by atoms with van der Waals surface area (Å²) >= 11 is 1.51. The van der Waals surface area contributed by atoms with Gasteiger partial charge in [-0.25, -0.2) is 9.61 Å². The second-order valence-electron chi connectivity index (χ2n) is 5.11. The van der Waals surface area contributed by atoms with Gasteiger partial charge in [0.2, 0.25) is 0 Å². The van der Waals surface area contributed by atoms with Crippen LogP contribution in [0.15, 0.2) is 22.4 Å². The van der Waals surface area contributed by atoms with Crippen molar-refractivity contribution in [2.75, 3.05) is 6.54 Å². The number of hydrogen-bond donors (Lipinski definition) is 0. The van der Waals surface area contributed by atoms with Crippen LogP contribution in [-0.2, 0) is 0 Å². The van der Waals surface area contributed by atoms with Gasteiger partial charge in [-0.05, 0) is 19.8 Å². The van der Waals surface area contributed by atoms with E-state index in [1.807, 2.05) is 27.8 Å². The zero-order valence-corrected chi connectivity index (χ0v) is 12.2. The van der Waals surface area contributed by atoms with E-state index < -0.39 is 0 Å². The molecule has 0 N–H and O–H groups in total. The maximum absolute atomic E-state index is 12.7. The lowest BCUT2D eigenvalue weighted by Crippen LogP contribution is -2.31. The highest BCUT2D eigenvalue weighted by Gasteiger charge is 2.34. The number of rotatable bonds is 2. The zero-order chi connectivity index (χ0) is 14.4. The minimum absolute atomic E-state index is 0.0594. The molecule has 1 aliphatic heterocycles. The van der Waals surface area contributed by atoms with Gasteiger partial charge in [-0.15, -0.1) is 11.3 Å². The fourth-order valence-electron chi connectivity index (χ4n) is 2.81. The molecule has 0 radical (unpaired) electrons. The first-order chi connectivity index (χ1) is 10.2. The number of carbonyl (C=O) groups is 1. The summed E-state index contributed by atoms with van der Waals surface area (Å²) in [5.74, 6) is -0.0594. The third-order valence-corrected chi connectivity index (χ3v) is 4.60. The molecule has 4 heterocycles. The molecular weight excluding hydrogens is 290 g/mol. The Morgan fingerprint density at radius 3 is 3.14 bits per heavy atom. The number of fused-ring (bicyclic) bond motifs is 1. The largest absolute Gasteiger partial charge is 0.328 e. The Morgan fingerprint density at radius 1 is 1.48 bits per heavy atom. The molecule has 0 spiro atoms. The molecule has 1 atom stereocenters. The molecule has 1 amide bonds. The minimum atomic E-state index is -0.0662. The SMILES string of the molecule is Cc1nonc1C1CCCN1C(=O)c1cn2ccsc2n1. The molecule has 1 saturated heterocycles. The average Bonchev–Trinajstić information content (AvgIpc) is 3.20. The molecule has 7 nitrogen and oxygen atoms in total. The molecule has 1 unspecified atom stereocenters. The fraction of sp³-hybridized carbons (Fsp3) is 0.385. The molecule has 108 valence electrons. The van der Waals surface area contributed by atoms with Gasteiger partial charge in [0.15, 0.2) is 4.96 Å². The summed E-state index contributed by atoms with van der Waals surface area (Å²) in [7, 11) is 0. The van der Waals surface area contributed by atoms with Crippen molar-refractivity contribution in [1.82, 2.24) is 24.6 Å². The van der Waals surface area contributed by atoms with Gasteiger partial charge in [0.1, 0.15) is 17.1 Å². The Morgan fingerprint density at radius 2 is 2.38 bits per heavy atom. The third-order valence-electron chi connectivity index (χ3n) is 3.83. The summed E-state index contributed by atoms with van der Waals surface area (Å²) < 4.78 is 6.64. The highest BCUT2D eigenvalue weighted by Crippen LogP contribution is 2.33. The first kappa shape index (κ1) is 12.5. The van der Waals surface area contributed by atoms with Gasteiger partial charge in [-0.1, -0.05) is 10.3 Å². The van der Waals surface area contributed by atoms with Crippen LogP contribution >= 0.6 is 11.3 Å². The maximum atomic E-state index is 12.7. The monoisotopic (exact) mass is 303 g/mol. The topological polar surface area (TPSA) is 76.5 Å². The highest BCUT2D eigenvalue weighted by atomic mass is 32.1. The summed E-state index contributed by atoms with van der Waals surface area (Å²) in [6, 6.07) is -0.0662. The van der Waals surface area contributed by atoms with E-state index in [1.54, 1.807) is 6.20 Å². The Kier molecular flexibility index (Phi) is 2.78. The molecule has 0 bridgehead atoms. The summed E-state index contributed by atoms with van der Waals surface area (Å²) in [6.45, 7) is 2.56. The number of carbonyl (C=O) groups excluding carboxylic acids is 1. The zero-order valence-electron chi connectivity index (χ0n) is 11.4. The quantitative estimate of drug-likeness (QED) is 0.724. The van der Waals surface area contributed by atoms with Crippen LogP contribution in [0.1, 0.15) is 40.8 Å². The summed E-state index contributed by atoms with van der Waals surface area (Å²) in [6.07, 6.45) is 5.50. The van der Waals surface area contributed by atoms with Gasteiger partial charge >= 0.3 is 0 Å². The van der Waals surface area contributed by atoms with E-state index in [9.17, 15) is 4.79 Å². The summed E-state index contributed by atoms with van der Waals surface area (Å²) in [5, 5.41) is 9.71. The molecule has 0 aliphatic carbocycles. The van der Waals surface area contributed by atoms with E-state index in [4.69, 9.17) is 4.63 Å². The number of nitrogens with zero attached hydrogens (tertiary/aromatic N) is 5. The molecular formula is C13H13N5O2S. The molecule has 8 heteroatoms. The van der Waals surface area contributed by atoms with Gasteiger partial charge in [-0.3, -0.25) is 9.20 Å².